The van der Waals surface area contributed by atoms with E-state index in [1.54, 1.807) is 17.5 Å². The zero-order valence-corrected chi connectivity index (χ0v) is 10.3. The van der Waals surface area contributed by atoms with Crippen molar-refractivity contribution < 1.29 is 9.50 Å². The van der Waals surface area contributed by atoms with E-state index in [1.165, 1.54) is 23.5 Å². The van der Waals surface area contributed by atoms with Crippen molar-refractivity contribution in [1.82, 2.24) is 0 Å². The molecule has 1 nitrogen and oxygen atoms in total. The van der Waals surface area contributed by atoms with E-state index >= 15 is 0 Å². The summed E-state index contributed by atoms with van der Waals surface area (Å²) in [6.45, 7) is 0. The largest absolute Gasteiger partial charge is 0.383 e. The number of aliphatic hydroxyl groups excluding tert-OH is 1. The molecule has 0 aliphatic carbocycles. The van der Waals surface area contributed by atoms with Crippen LogP contribution in [0.15, 0.2) is 29.6 Å². The molecule has 2 aromatic rings. The molecule has 2 rings (SSSR count). The van der Waals surface area contributed by atoms with Gasteiger partial charge in [-0.15, -0.1) is 11.3 Å². The highest BCUT2D eigenvalue weighted by molar-refractivity contribution is 7.10. The predicted molar refractivity (Wildman–Crippen MR) is 64.8 cm³/mol. The maximum atomic E-state index is 13.5. The molecule has 0 amide bonds. The van der Waals surface area contributed by atoms with Crippen molar-refractivity contribution in [3.8, 4) is 0 Å². The quantitative estimate of drug-likeness (QED) is 0.868. The number of aliphatic hydroxyl groups is 1. The number of halogens is 3. The van der Waals surface area contributed by atoms with Crippen LogP contribution in [0, 0.1) is 5.82 Å². The zero-order valence-electron chi connectivity index (χ0n) is 7.95. The SMILES string of the molecule is OC(c1cc(Cl)cs1)c1ccc(Cl)cc1F. The minimum atomic E-state index is -1.00. The van der Waals surface area contributed by atoms with Gasteiger partial charge < -0.3 is 5.11 Å². The molecule has 1 aromatic carbocycles. The standard InChI is InChI=1S/C11H7Cl2FOS/c12-6-1-2-8(9(14)3-6)11(15)10-4-7(13)5-16-10/h1-5,11,15H. The van der Waals surface area contributed by atoms with E-state index < -0.39 is 11.9 Å². The van der Waals surface area contributed by atoms with E-state index in [2.05, 4.69) is 0 Å². The number of hydrogen-bond acceptors (Lipinski definition) is 2. The van der Waals surface area contributed by atoms with Gasteiger partial charge >= 0.3 is 0 Å². The highest BCUT2D eigenvalue weighted by Gasteiger charge is 2.16. The van der Waals surface area contributed by atoms with Crippen molar-refractivity contribution in [2.45, 2.75) is 6.10 Å². The van der Waals surface area contributed by atoms with Crippen LogP contribution < -0.4 is 0 Å². The molecule has 84 valence electrons. The van der Waals surface area contributed by atoms with Crippen molar-refractivity contribution in [2.24, 2.45) is 0 Å². The van der Waals surface area contributed by atoms with Crippen molar-refractivity contribution in [3.63, 3.8) is 0 Å². The minimum Gasteiger partial charge on any atom is -0.383 e. The molecule has 1 N–H and O–H groups in total. The van der Waals surface area contributed by atoms with Gasteiger partial charge in [0.15, 0.2) is 0 Å². The van der Waals surface area contributed by atoms with Crippen LogP contribution in [-0.2, 0) is 0 Å². The van der Waals surface area contributed by atoms with E-state index in [9.17, 15) is 9.50 Å². The van der Waals surface area contributed by atoms with Crippen molar-refractivity contribution in [1.29, 1.82) is 0 Å². The molecule has 1 atom stereocenters. The van der Waals surface area contributed by atoms with Gasteiger partial charge in [-0.05, 0) is 18.2 Å². The van der Waals surface area contributed by atoms with Crippen LogP contribution in [0.5, 0.6) is 0 Å². The van der Waals surface area contributed by atoms with E-state index in [-0.39, 0.29) is 5.56 Å². The molecule has 5 heteroatoms. The van der Waals surface area contributed by atoms with Gasteiger partial charge in [0.05, 0.1) is 5.02 Å². The van der Waals surface area contributed by atoms with E-state index in [4.69, 9.17) is 23.2 Å². The van der Waals surface area contributed by atoms with Crippen molar-refractivity contribution in [2.75, 3.05) is 0 Å². The topological polar surface area (TPSA) is 20.2 Å². The van der Waals surface area contributed by atoms with Crippen LogP contribution in [0.2, 0.25) is 10.0 Å². The Labute approximate surface area is 106 Å². The lowest BCUT2D eigenvalue weighted by Gasteiger charge is -2.09. The van der Waals surface area contributed by atoms with Gasteiger partial charge in [-0.2, -0.15) is 0 Å². The molecule has 1 unspecified atom stereocenters. The zero-order chi connectivity index (χ0) is 11.7. The number of hydrogen-bond donors (Lipinski definition) is 1. The highest BCUT2D eigenvalue weighted by atomic mass is 35.5. The number of benzene rings is 1. The fraction of sp³-hybridized carbons (Fsp3) is 0.0909. The summed E-state index contributed by atoms with van der Waals surface area (Å²) in [5.74, 6) is -0.524. The molecule has 0 fully saturated rings. The third-order valence-electron chi connectivity index (χ3n) is 2.11. The van der Waals surface area contributed by atoms with Gasteiger partial charge in [0.1, 0.15) is 11.9 Å². The van der Waals surface area contributed by atoms with Gasteiger partial charge in [-0.1, -0.05) is 29.3 Å². The van der Waals surface area contributed by atoms with Crippen molar-refractivity contribution >= 4 is 34.5 Å². The molecular formula is C11H7Cl2FOS. The normalized spacial score (nSPS) is 12.8. The first kappa shape index (κ1) is 11.9. The Morgan fingerprint density at radius 2 is 1.94 bits per heavy atom. The predicted octanol–water partition coefficient (Wildman–Crippen LogP) is 4.28. The molecule has 0 aliphatic heterocycles. The average Bonchev–Trinajstić information content (AvgIpc) is 2.64. The second-order valence-electron chi connectivity index (χ2n) is 3.24. The molecule has 1 heterocycles. The van der Waals surface area contributed by atoms with Gasteiger partial charge in [0.25, 0.3) is 0 Å². The van der Waals surface area contributed by atoms with Crippen LogP contribution in [0.1, 0.15) is 16.5 Å². The Morgan fingerprint density at radius 3 is 2.50 bits per heavy atom. The van der Waals surface area contributed by atoms with Gasteiger partial charge in [0, 0.05) is 20.8 Å². The van der Waals surface area contributed by atoms with Crippen LogP contribution in [0.4, 0.5) is 4.39 Å². The summed E-state index contributed by atoms with van der Waals surface area (Å²) in [6, 6.07) is 5.80. The summed E-state index contributed by atoms with van der Waals surface area (Å²) in [4.78, 5) is 0.603. The Bertz CT molecular complexity index is 512. The summed E-state index contributed by atoms with van der Waals surface area (Å²) >= 11 is 12.7. The lowest BCUT2D eigenvalue weighted by molar-refractivity contribution is 0.219. The molecule has 0 radical (unpaired) electrons. The first-order valence-electron chi connectivity index (χ1n) is 4.45. The molecule has 0 bridgehead atoms. The summed E-state index contributed by atoms with van der Waals surface area (Å²) in [6.07, 6.45) is -1.00. The fourth-order valence-electron chi connectivity index (χ4n) is 1.35. The maximum Gasteiger partial charge on any atom is 0.130 e. The lowest BCUT2D eigenvalue weighted by atomic mass is 10.1. The Morgan fingerprint density at radius 1 is 1.19 bits per heavy atom. The van der Waals surface area contributed by atoms with Crippen LogP contribution in [-0.4, -0.2) is 5.11 Å². The second-order valence-corrected chi connectivity index (χ2v) is 5.05. The second kappa shape index (κ2) is 4.72. The lowest BCUT2D eigenvalue weighted by Crippen LogP contribution is -2.00. The first-order chi connectivity index (χ1) is 7.58. The van der Waals surface area contributed by atoms with Crippen molar-refractivity contribution in [3.05, 3.63) is 55.9 Å². The number of rotatable bonds is 2. The van der Waals surface area contributed by atoms with Gasteiger partial charge in [0.2, 0.25) is 0 Å². The third-order valence-corrected chi connectivity index (χ3v) is 3.68. The third kappa shape index (κ3) is 2.38. The Hall–Kier alpha value is -0.610. The van der Waals surface area contributed by atoms with Crippen LogP contribution >= 0.6 is 34.5 Å². The monoisotopic (exact) mass is 276 g/mol. The molecule has 0 saturated heterocycles. The molecule has 0 saturated carbocycles. The highest BCUT2D eigenvalue weighted by Crippen LogP contribution is 2.31. The van der Waals surface area contributed by atoms with Gasteiger partial charge in [-0.25, -0.2) is 4.39 Å². The van der Waals surface area contributed by atoms with Crippen LogP contribution in [0.25, 0.3) is 0 Å². The molecular weight excluding hydrogens is 270 g/mol. The smallest absolute Gasteiger partial charge is 0.130 e. The van der Waals surface area contributed by atoms with Crippen LogP contribution in [0.3, 0.4) is 0 Å². The van der Waals surface area contributed by atoms with E-state index in [0.29, 0.717) is 14.9 Å². The molecule has 0 aliphatic rings. The first-order valence-corrected chi connectivity index (χ1v) is 6.08. The fourth-order valence-corrected chi connectivity index (χ4v) is 2.59. The van der Waals surface area contributed by atoms with Gasteiger partial charge in [-0.3, -0.25) is 0 Å². The molecule has 16 heavy (non-hydrogen) atoms. The average molecular weight is 277 g/mol. The summed E-state index contributed by atoms with van der Waals surface area (Å²) in [7, 11) is 0. The molecule has 0 spiro atoms. The Kier molecular flexibility index (Phi) is 3.50. The number of thiophene rings is 1. The maximum absolute atomic E-state index is 13.5. The summed E-state index contributed by atoms with van der Waals surface area (Å²) < 4.78 is 13.5. The van der Waals surface area contributed by atoms with E-state index in [0.717, 1.165) is 0 Å². The summed E-state index contributed by atoms with van der Waals surface area (Å²) in [5, 5.41) is 12.5. The minimum absolute atomic E-state index is 0.197. The Balaban J connectivity index is 2.37. The summed E-state index contributed by atoms with van der Waals surface area (Å²) in [5.41, 5.74) is 0.197. The van der Waals surface area contributed by atoms with E-state index in [1.807, 2.05) is 0 Å². The molecule has 1 aromatic heterocycles.